The van der Waals surface area contributed by atoms with Gasteiger partial charge in [-0.25, -0.2) is 4.98 Å². The highest BCUT2D eigenvalue weighted by Crippen LogP contribution is 2.33. The molecule has 0 unspecified atom stereocenters. The van der Waals surface area contributed by atoms with Crippen molar-refractivity contribution in [3.05, 3.63) is 74.9 Å². The van der Waals surface area contributed by atoms with Gasteiger partial charge in [-0.05, 0) is 43.9 Å². The third kappa shape index (κ3) is 3.67. The molecule has 0 bridgehead atoms. The molecule has 4 rings (SSSR count). The van der Waals surface area contributed by atoms with Crippen LogP contribution in [0.25, 0.3) is 32.7 Å². The number of hydrogen-bond acceptors (Lipinski definition) is 4. The number of fused-ring (bicyclic) bond motifs is 1. The summed E-state index contributed by atoms with van der Waals surface area (Å²) in [4.78, 5) is 19.3. The summed E-state index contributed by atoms with van der Waals surface area (Å²) in [6.45, 7) is 6.68. The first-order chi connectivity index (χ1) is 14.5. The molecule has 0 atom stereocenters. The van der Waals surface area contributed by atoms with Gasteiger partial charge in [-0.3, -0.25) is 9.36 Å². The van der Waals surface area contributed by atoms with E-state index < -0.39 is 0 Å². The molecule has 4 nitrogen and oxygen atoms in total. The van der Waals surface area contributed by atoms with Crippen molar-refractivity contribution in [2.75, 3.05) is 0 Å². The summed E-state index contributed by atoms with van der Waals surface area (Å²) in [5.74, 6) is 0.666. The summed E-state index contributed by atoms with van der Waals surface area (Å²) in [6, 6.07) is 16.5. The minimum Gasteiger partial charge on any atom is -0.292 e. The molecular weight excluding hydrogens is 390 g/mol. The van der Waals surface area contributed by atoms with Crippen molar-refractivity contribution in [3.63, 3.8) is 0 Å². The molecule has 0 aliphatic carbocycles. The number of rotatable bonds is 5. The van der Waals surface area contributed by atoms with Crippen LogP contribution in [0.3, 0.4) is 0 Å². The fourth-order valence-corrected chi connectivity index (χ4v) is 4.53. The Bertz CT molecular complexity index is 1320. The van der Waals surface area contributed by atoms with Gasteiger partial charge < -0.3 is 0 Å². The van der Waals surface area contributed by atoms with Crippen LogP contribution in [0, 0.1) is 32.1 Å². The van der Waals surface area contributed by atoms with Gasteiger partial charge in [-0.1, -0.05) is 48.0 Å². The van der Waals surface area contributed by atoms with Gasteiger partial charge in [-0.2, -0.15) is 5.26 Å². The molecular formula is C25H23N3OS. The van der Waals surface area contributed by atoms with E-state index in [1.807, 2.05) is 36.6 Å². The molecule has 0 N–H and O–H groups in total. The van der Waals surface area contributed by atoms with Gasteiger partial charge in [0.25, 0.3) is 5.56 Å². The fourth-order valence-electron chi connectivity index (χ4n) is 3.59. The molecule has 2 aromatic carbocycles. The highest BCUT2D eigenvalue weighted by molar-refractivity contribution is 7.17. The summed E-state index contributed by atoms with van der Waals surface area (Å²) in [5.41, 5.74) is 6.43. The van der Waals surface area contributed by atoms with Crippen LogP contribution in [0.1, 0.15) is 29.5 Å². The second kappa shape index (κ2) is 8.25. The zero-order valence-electron chi connectivity index (χ0n) is 17.4. The number of aryl methyl sites for hydroxylation is 3. The molecule has 150 valence electrons. The Morgan fingerprint density at radius 1 is 1.03 bits per heavy atom. The van der Waals surface area contributed by atoms with E-state index in [1.165, 1.54) is 22.5 Å². The van der Waals surface area contributed by atoms with Gasteiger partial charge in [0.15, 0.2) is 0 Å². The Kier molecular flexibility index (Phi) is 5.52. The number of benzene rings is 2. The van der Waals surface area contributed by atoms with Crippen LogP contribution in [-0.4, -0.2) is 9.55 Å². The van der Waals surface area contributed by atoms with E-state index in [0.717, 1.165) is 27.1 Å². The Balaban J connectivity index is 1.94. The van der Waals surface area contributed by atoms with E-state index in [9.17, 15) is 4.79 Å². The quantitative estimate of drug-likeness (QED) is 0.376. The van der Waals surface area contributed by atoms with Crippen molar-refractivity contribution in [2.45, 2.75) is 40.2 Å². The van der Waals surface area contributed by atoms with E-state index in [4.69, 9.17) is 10.2 Å². The van der Waals surface area contributed by atoms with Gasteiger partial charge in [0.2, 0.25) is 0 Å². The number of nitriles is 1. The van der Waals surface area contributed by atoms with Gasteiger partial charge in [0, 0.05) is 29.5 Å². The highest BCUT2D eigenvalue weighted by atomic mass is 32.1. The van der Waals surface area contributed by atoms with Crippen molar-refractivity contribution in [2.24, 2.45) is 0 Å². The lowest BCUT2D eigenvalue weighted by Crippen LogP contribution is -2.23. The second-order valence-electron chi connectivity index (χ2n) is 7.65. The molecule has 0 aliphatic heterocycles. The summed E-state index contributed by atoms with van der Waals surface area (Å²) in [5, 5.41) is 11.7. The maximum absolute atomic E-state index is 13.6. The summed E-state index contributed by atoms with van der Waals surface area (Å²) >= 11 is 1.51. The summed E-state index contributed by atoms with van der Waals surface area (Å²) in [6.07, 6.45) is 1.02. The zero-order chi connectivity index (χ0) is 21.3. The van der Waals surface area contributed by atoms with Crippen molar-refractivity contribution in [3.8, 4) is 28.6 Å². The van der Waals surface area contributed by atoms with Gasteiger partial charge >= 0.3 is 0 Å². The van der Waals surface area contributed by atoms with Crippen LogP contribution in [0.5, 0.6) is 0 Å². The summed E-state index contributed by atoms with van der Waals surface area (Å²) in [7, 11) is 0. The molecule has 0 saturated carbocycles. The molecule has 2 aromatic heterocycles. The van der Waals surface area contributed by atoms with E-state index in [1.54, 1.807) is 4.57 Å². The smallest absolute Gasteiger partial charge is 0.263 e. The average molecular weight is 414 g/mol. The molecule has 2 heterocycles. The Morgan fingerprint density at radius 2 is 1.77 bits per heavy atom. The van der Waals surface area contributed by atoms with Crippen LogP contribution in [0.4, 0.5) is 0 Å². The van der Waals surface area contributed by atoms with Gasteiger partial charge in [-0.15, -0.1) is 11.3 Å². The number of aromatic nitrogens is 2. The number of thiophene rings is 1. The largest absolute Gasteiger partial charge is 0.292 e. The lowest BCUT2D eigenvalue weighted by Gasteiger charge is -2.13. The van der Waals surface area contributed by atoms with Gasteiger partial charge in [0.1, 0.15) is 10.7 Å². The topological polar surface area (TPSA) is 58.7 Å². The fraction of sp³-hybridized carbons (Fsp3) is 0.240. The van der Waals surface area contributed by atoms with Crippen molar-refractivity contribution < 1.29 is 0 Å². The Hall–Kier alpha value is -3.23. The normalized spacial score (nSPS) is 11.0. The van der Waals surface area contributed by atoms with Crippen LogP contribution in [-0.2, 0) is 6.54 Å². The van der Waals surface area contributed by atoms with Gasteiger partial charge in [0.05, 0.1) is 11.5 Å². The van der Waals surface area contributed by atoms with Crippen molar-refractivity contribution >= 4 is 21.6 Å². The van der Waals surface area contributed by atoms with Crippen molar-refractivity contribution in [1.29, 1.82) is 5.26 Å². The monoisotopic (exact) mass is 413 g/mol. The maximum Gasteiger partial charge on any atom is 0.263 e. The van der Waals surface area contributed by atoms with E-state index in [-0.39, 0.29) is 5.56 Å². The van der Waals surface area contributed by atoms with Crippen LogP contribution >= 0.6 is 11.3 Å². The molecule has 0 fully saturated rings. The molecule has 0 spiro atoms. The summed E-state index contributed by atoms with van der Waals surface area (Å²) < 4.78 is 1.74. The SMILES string of the molecule is Cc1ccc(-c2nc3scc(-c4ccc(C)c(C)c4)c3c(=O)n2CCCC#N)cc1. The first-order valence-electron chi connectivity index (χ1n) is 10.0. The predicted octanol–water partition coefficient (Wildman–Crippen LogP) is 6.02. The second-order valence-corrected chi connectivity index (χ2v) is 8.51. The van der Waals surface area contributed by atoms with E-state index in [0.29, 0.717) is 30.6 Å². The third-order valence-electron chi connectivity index (χ3n) is 5.49. The Morgan fingerprint density at radius 3 is 2.47 bits per heavy atom. The molecule has 0 saturated heterocycles. The average Bonchev–Trinajstić information content (AvgIpc) is 3.16. The number of nitrogens with zero attached hydrogens (tertiary/aromatic N) is 3. The predicted molar refractivity (Wildman–Crippen MR) is 124 cm³/mol. The highest BCUT2D eigenvalue weighted by Gasteiger charge is 2.18. The number of hydrogen-bond donors (Lipinski definition) is 0. The first-order valence-corrected chi connectivity index (χ1v) is 10.9. The standard InChI is InChI=1S/C25H23N3OS/c1-16-6-9-19(10-7-16)23-27-24-22(25(29)28(23)13-5-4-12-26)21(15-30-24)20-11-8-17(2)18(3)14-20/h6-11,14-15H,4-5,13H2,1-3H3. The minimum atomic E-state index is -0.0389. The molecule has 30 heavy (non-hydrogen) atoms. The minimum absolute atomic E-state index is 0.0389. The lowest BCUT2D eigenvalue weighted by molar-refractivity contribution is 0.634. The van der Waals surface area contributed by atoms with Crippen LogP contribution in [0.15, 0.2) is 52.6 Å². The molecule has 4 aromatic rings. The van der Waals surface area contributed by atoms with Crippen molar-refractivity contribution in [1.82, 2.24) is 9.55 Å². The molecule has 0 amide bonds. The van der Waals surface area contributed by atoms with E-state index >= 15 is 0 Å². The van der Waals surface area contributed by atoms with E-state index in [2.05, 4.69) is 38.1 Å². The first kappa shape index (κ1) is 20.1. The molecule has 5 heteroatoms. The maximum atomic E-state index is 13.6. The molecule has 0 radical (unpaired) electrons. The molecule has 0 aliphatic rings. The third-order valence-corrected chi connectivity index (χ3v) is 6.36. The lowest BCUT2D eigenvalue weighted by atomic mass is 10.0. The zero-order valence-corrected chi connectivity index (χ0v) is 18.2. The Labute approximate surface area is 180 Å². The van der Waals surface area contributed by atoms with Crippen LogP contribution < -0.4 is 5.56 Å². The number of unbranched alkanes of at least 4 members (excludes halogenated alkanes) is 1. The van der Waals surface area contributed by atoms with Crippen LogP contribution in [0.2, 0.25) is 0 Å².